The maximum atomic E-state index is 12.9. The van der Waals surface area contributed by atoms with Gasteiger partial charge in [-0.05, 0) is 43.2 Å². The minimum absolute atomic E-state index is 0.0220. The fourth-order valence-electron chi connectivity index (χ4n) is 3.13. The van der Waals surface area contributed by atoms with Crippen molar-refractivity contribution in [3.05, 3.63) is 58.6 Å². The average molecular weight is 404 g/mol. The third-order valence-corrected chi connectivity index (χ3v) is 4.92. The molecule has 1 aliphatic heterocycles. The molecule has 2 aromatic carbocycles. The van der Waals surface area contributed by atoms with Crippen molar-refractivity contribution in [3.8, 4) is 11.5 Å². The molecule has 1 fully saturated rings. The summed E-state index contributed by atoms with van der Waals surface area (Å²) in [5.74, 6) is 1.84. The summed E-state index contributed by atoms with van der Waals surface area (Å²) in [5.41, 5.74) is 0.607. The van der Waals surface area contributed by atoms with E-state index in [0.717, 1.165) is 29.6 Å². The molecule has 0 spiro atoms. The average Bonchev–Trinajstić information content (AvgIpc) is 2.67. The Kier molecular flexibility index (Phi) is 5.97. The lowest BCUT2D eigenvalue weighted by Crippen LogP contribution is -2.41. The highest BCUT2D eigenvalue weighted by atomic mass is 79.9. The van der Waals surface area contributed by atoms with Crippen LogP contribution in [-0.4, -0.2) is 37.6 Å². The zero-order valence-electron chi connectivity index (χ0n) is 14.3. The van der Waals surface area contributed by atoms with Crippen LogP contribution in [0.15, 0.2) is 53.0 Å². The molecule has 1 heterocycles. The topological polar surface area (TPSA) is 38.8 Å². The maximum Gasteiger partial charge on any atom is 0.257 e. The number of benzene rings is 2. The van der Waals surface area contributed by atoms with Crippen LogP contribution in [0.1, 0.15) is 23.2 Å². The van der Waals surface area contributed by atoms with Crippen LogP contribution >= 0.6 is 15.9 Å². The Morgan fingerprint density at radius 2 is 2.04 bits per heavy atom. The first kappa shape index (κ1) is 17.8. The molecule has 2 aromatic rings. The Hall–Kier alpha value is -2.01. The van der Waals surface area contributed by atoms with Crippen molar-refractivity contribution in [2.24, 2.45) is 5.92 Å². The highest BCUT2D eigenvalue weighted by molar-refractivity contribution is 9.10. The molecule has 0 N–H and O–H groups in total. The van der Waals surface area contributed by atoms with E-state index in [0.29, 0.717) is 30.4 Å². The molecule has 1 atom stereocenters. The van der Waals surface area contributed by atoms with Crippen molar-refractivity contribution in [2.45, 2.75) is 12.8 Å². The predicted octanol–water partition coefficient (Wildman–Crippen LogP) is 4.39. The molecule has 1 amide bonds. The largest absolute Gasteiger partial charge is 0.496 e. The van der Waals surface area contributed by atoms with E-state index in [1.54, 1.807) is 7.11 Å². The van der Waals surface area contributed by atoms with Crippen molar-refractivity contribution in [2.75, 3.05) is 26.8 Å². The van der Waals surface area contributed by atoms with Gasteiger partial charge in [0.25, 0.3) is 5.91 Å². The van der Waals surface area contributed by atoms with Gasteiger partial charge in [-0.15, -0.1) is 0 Å². The smallest absolute Gasteiger partial charge is 0.257 e. The second-order valence-electron chi connectivity index (χ2n) is 6.23. The molecule has 4 nitrogen and oxygen atoms in total. The number of halogens is 1. The summed E-state index contributed by atoms with van der Waals surface area (Å²) < 4.78 is 12.1. The van der Waals surface area contributed by atoms with Crippen molar-refractivity contribution >= 4 is 21.8 Å². The molecule has 0 radical (unpaired) electrons. The SMILES string of the molecule is COc1cc(Br)ccc1C(=O)N1CCCC(COc2ccccc2)C1. The molecule has 1 aliphatic rings. The highest BCUT2D eigenvalue weighted by Crippen LogP contribution is 2.27. The van der Waals surface area contributed by atoms with Gasteiger partial charge in [-0.25, -0.2) is 0 Å². The van der Waals surface area contributed by atoms with Gasteiger partial charge in [0.15, 0.2) is 0 Å². The monoisotopic (exact) mass is 403 g/mol. The van der Waals surface area contributed by atoms with Crippen LogP contribution in [-0.2, 0) is 0 Å². The number of carbonyl (C=O) groups excluding carboxylic acids is 1. The number of methoxy groups -OCH3 is 1. The van der Waals surface area contributed by atoms with E-state index < -0.39 is 0 Å². The lowest BCUT2D eigenvalue weighted by molar-refractivity contribution is 0.0630. The quantitative estimate of drug-likeness (QED) is 0.742. The Bertz CT molecular complexity index is 720. The minimum Gasteiger partial charge on any atom is -0.496 e. The fraction of sp³-hybridized carbons (Fsp3) is 0.350. The summed E-state index contributed by atoms with van der Waals surface area (Å²) in [6.07, 6.45) is 2.07. The number of likely N-dealkylation sites (tertiary alicyclic amines) is 1. The Labute approximate surface area is 156 Å². The molecule has 1 saturated heterocycles. The van der Waals surface area contributed by atoms with Crippen molar-refractivity contribution in [1.29, 1.82) is 0 Å². The second kappa shape index (κ2) is 8.39. The van der Waals surface area contributed by atoms with Crippen LogP contribution < -0.4 is 9.47 Å². The summed E-state index contributed by atoms with van der Waals surface area (Å²) in [6.45, 7) is 2.12. The lowest BCUT2D eigenvalue weighted by Gasteiger charge is -2.33. The molecule has 3 rings (SSSR count). The molecule has 0 bridgehead atoms. The summed E-state index contributed by atoms with van der Waals surface area (Å²) >= 11 is 3.41. The van der Waals surface area contributed by atoms with E-state index in [4.69, 9.17) is 9.47 Å². The minimum atomic E-state index is 0.0220. The first-order valence-corrected chi connectivity index (χ1v) is 9.27. The standard InChI is InChI=1S/C20H22BrNO3/c1-24-19-12-16(21)9-10-18(19)20(23)22-11-5-6-15(13-22)14-25-17-7-3-2-4-8-17/h2-4,7-10,12,15H,5-6,11,13-14H2,1H3. The van der Waals surface area contributed by atoms with Gasteiger partial charge in [0.1, 0.15) is 11.5 Å². The van der Waals surface area contributed by atoms with Gasteiger partial charge in [-0.1, -0.05) is 34.1 Å². The van der Waals surface area contributed by atoms with Gasteiger partial charge in [0, 0.05) is 23.5 Å². The molecule has 25 heavy (non-hydrogen) atoms. The molecule has 0 saturated carbocycles. The summed E-state index contributed by atoms with van der Waals surface area (Å²) in [7, 11) is 1.59. The third-order valence-electron chi connectivity index (χ3n) is 4.43. The molecule has 0 aliphatic carbocycles. The van der Waals surface area contributed by atoms with E-state index in [1.165, 1.54) is 0 Å². The molecule has 1 unspecified atom stereocenters. The fourth-order valence-corrected chi connectivity index (χ4v) is 3.47. The van der Waals surface area contributed by atoms with Crippen LogP contribution in [0.3, 0.4) is 0 Å². The van der Waals surface area contributed by atoms with Crippen LogP contribution in [0, 0.1) is 5.92 Å². The maximum absolute atomic E-state index is 12.9. The van der Waals surface area contributed by atoms with Crippen LogP contribution in [0.4, 0.5) is 0 Å². The van der Waals surface area contributed by atoms with Crippen molar-refractivity contribution in [3.63, 3.8) is 0 Å². The molecule has 0 aromatic heterocycles. The molecular formula is C20H22BrNO3. The van der Waals surface area contributed by atoms with Gasteiger partial charge in [0.05, 0.1) is 19.3 Å². The number of amides is 1. The number of para-hydroxylation sites is 1. The van der Waals surface area contributed by atoms with Gasteiger partial charge in [-0.3, -0.25) is 4.79 Å². The molecular weight excluding hydrogens is 382 g/mol. The predicted molar refractivity (Wildman–Crippen MR) is 101 cm³/mol. The normalized spacial score (nSPS) is 17.2. The summed E-state index contributed by atoms with van der Waals surface area (Å²) in [4.78, 5) is 14.8. The first-order valence-electron chi connectivity index (χ1n) is 8.48. The van der Waals surface area contributed by atoms with E-state index in [-0.39, 0.29) is 5.91 Å². The Balaban J connectivity index is 1.63. The summed E-state index contributed by atoms with van der Waals surface area (Å²) in [6, 6.07) is 15.3. The lowest BCUT2D eigenvalue weighted by atomic mass is 9.98. The van der Waals surface area contributed by atoms with Crippen LogP contribution in [0.5, 0.6) is 11.5 Å². The number of carbonyl (C=O) groups is 1. The number of ether oxygens (including phenoxy) is 2. The van der Waals surface area contributed by atoms with Crippen molar-refractivity contribution in [1.82, 2.24) is 4.90 Å². The van der Waals surface area contributed by atoms with E-state index in [1.807, 2.05) is 53.4 Å². The van der Waals surface area contributed by atoms with Crippen LogP contribution in [0.2, 0.25) is 0 Å². The summed E-state index contributed by atoms with van der Waals surface area (Å²) in [5, 5.41) is 0. The second-order valence-corrected chi connectivity index (χ2v) is 7.14. The number of rotatable bonds is 5. The number of hydrogen-bond acceptors (Lipinski definition) is 3. The van der Waals surface area contributed by atoms with Gasteiger partial charge in [-0.2, -0.15) is 0 Å². The van der Waals surface area contributed by atoms with Gasteiger partial charge >= 0.3 is 0 Å². The number of piperidine rings is 1. The van der Waals surface area contributed by atoms with E-state index in [9.17, 15) is 4.79 Å². The first-order chi connectivity index (χ1) is 12.2. The third kappa shape index (κ3) is 4.54. The van der Waals surface area contributed by atoms with Crippen molar-refractivity contribution < 1.29 is 14.3 Å². The highest BCUT2D eigenvalue weighted by Gasteiger charge is 2.26. The van der Waals surface area contributed by atoms with Gasteiger partial charge < -0.3 is 14.4 Å². The molecule has 132 valence electrons. The zero-order chi connectivity index (χ0) is 17.6. The number of nitrogens with zero attached hydrogens (tertiary/aromatic N) is 1. The number of hydrogen-bond donors (Lipinski definition) is 0. The Morgan fingerprint density at radius 1 is 1.24 bits per heavy atom. The van der Waals surface area contributed by atoms with Gasteiger partial charge in [0.2, 0.25) is 0 Å². The Morgan fingerprint density at radius 3 is 2.80 bits per heavy atom. The van der Waals surface area contributed by atoms with Crippen LogP contribution in [0.25, 0.3) is 0 Å². The van der Waals surface area contributed by atoms with E-state index >= 15 is 0 Å². The zero-order valence-corrected chi connectivity index (χ0v) is 15.9. The van der Waals surface area contributed by atoms with E-state index in [2.05, 4.69) is 15.9 Å². The molecule has 5 heteroatoms.